The Kier molecular flexibility index (Phi) is 12.4. The Balaban J connectivity index is 0.00000364. The molecular weight excluding hydrogens is 462 g/mol. The zero-order valence-electron chi connectivity index (χ0n) is 16.2. The minimum atomic E-state index is -0.298. The van der Waals surface area contributed by atoms with Crippen molar-refractivity contribution in [3.8, 4) is 5.75 Å². The molecule has 6 nitrogen and oxygen atoms in total. The molecule has 0 saturated carbocycles. The summed E-state index contributed by atoms with van der Waals surface area (Å²) in [6.07, 6.45) is 0.917. The van der Waals surface area contributed by atoms with Crippen molar-refractivity contribution in [3.63, 3.8) is 0 Å². The molecule has 0 bridgehead atoms. The van der Waals surface area contributed by atoms with Crippen molar-refractivity contribution in [2.24, 2.45) is 4.99 Å². The second kappa shape index (κ2) is 14.0. The monoisotopic (exact) mass is 494 g/mol. The summed E-state index contributed by atoms with van der Waals surface area (Å²) in [7, 11) is 0. The fraction of sp³-hybridized carbons (Fsp3) is 0.632. The van der Waals surface area contributed by atoms with Gasteiger partial charge in [0.2, 0.25) is 0 Å². The first-order valence-corrected chi connectivity index (χ1v) is 9.42. The molecule has 1 atom stereocenters. The van der Waals surface area contributed by atoms with Crippen LogP contribution in [0.25, 0.3) is 0 Å². The van der Waals surface area contributed by atoms with Gasteiger partial charge in [0.25, 0.3) is 0 Å². The fourth-order valence-electron chi connectivity index (χ4n) is 2.71. The van der Waals surface area contributed by atoms with E-state index in [1.165, 1.54) is 12.1 Å². The highest BCUT2D eigenvalue weighted by atomic mass is 127. The Labute approximate surface area is 178 Å². The summed E-state index contributed by atoms with van der Waals surface area (Å²) in [6, 6.07) is 6.17. The maximum atomic E-state index is 13.2. The summed E-state index contributed by atoms with van der Waals surface area (Å²) in [4.78, 5) is 6.98. The maximum Gasteiger partial charge on any atom is 0.191 e. The van der Waals surface area contributed by atoms with Crippen LogP contribution in [0.4, 0.5) is 4.39 Å². The van der Waals surface area contributed by atoms with Crippen LogP contribution in [0, 0.1) is 5.82 Å². The number of benzene rings is 1. The second-order valence-corrected chi connectivity index (χ2v) is 6.34. The fourth-order valence-corrected chi connectivity index (χ4v) is 2.71. The summed E-state index contributed by atoms with van der Waals surface area (Å²) >= 11 is 0. The molecule has 2 rings (SSSR count). The number of ether oxygens (including phenoxy) is 2. The molecule has 8 heteroatoms. The third-order valence-corrected chi connectivity index (χ3v) is 4.03. The van der Waals surface area contributed by atoms with Gasteiger partial charge >= 0.3 is 0 Å². The molecule has 1 unspecified atom stereocenters. The quantitative estimate of drug-likeness (QED) is 0.239. The van der Waals surface area contributed by atoms with Crippen molar-refractivity contribution < 1.29 is 13.9 Å². The van der Waals surface area contributed by atoms with Crippen LogP contribution in [0.5, 0.6) is 5.75 Å². The first kappa shape index (κ1) is 23.9. The molecule has 1 aliphatic heterocycles. The van der Waals surface area contributed by atoms with Crippen LogP contribution in [-0.4, -0.2) is 69.4 Å². The van der Waals surface area contributed by atoms with Crippen molar-refractivity contribution in [3.05, 3.63) is 30.1 Å². The Hall–Kier alpha value is -1.13. The van der Waals surface area contributed by atoms with Gasteiger partial charge in [-0.05, 0) is 38.9 Å². The van der Waals surface area contributed by atoms with Crippen LogP contribution in [0.15, 0.2) is 29.3 Å². The number of nitrogens with one attached hydrogen (secondary N) is 2. The van der Waals surface area contributed by atoms with Gasteiger partial charge in [0.05, 0.1) is 19.8 Å². The van der Waals surface area contributed by atoms with E-state index in [0.29, 0.717) is 12.3 Å². The average Bonchev–Trinajstić information content (AvgIpc) is 2.64. The number of halogens is 2. The number of aliphatic imine (C=N–C) groups is 1. The number of rotatable bonds is 9. The molecule has 0 radical (unpaired) electrons. The Morgan fingerprint density at radius 1 is 1.33 bits per heavy atom. The zero-order chi connectivity index (χ0) is 18.6. The van der Waals surface area contributed by atoms with E-state index in [1.807, 2.05) is 13.8 Å². The van der Waals surface area contributed by atoms with Crippen LogP contribution >= 0.6 is 24.0 Å². The van der Waals surface area contributed by atoms with Gasteiger partial charge in [-0.3, -0.25) is 4.90 Å². The lowest BCUT2D eigenvalue weighted by Crippen LogP contribution is -2.41. The number of hydrogen-bond donors (Lipinski definition) is 2. The van der Waals surface area contributed by atoms with E-state index in [2.05, 4.69) is 20.5 Å². The molecule has 154 valence electrons. The van der Waals surface area contributed by atoms with Crippen molar-refractivity contribution >= 4 is 29.9 Å². The van der Waals surface area contributed by atoms with Gasteiger partial charge in [0, 0.05) is 32.2 Å². The summed E-state index contributed by atoms with van der Waals surface area (Å²) < 4.78 is 24.3. The molecule has 1 saturated heterocycles. The van der Waals surface area contributed by atoms with E-state index in [1.54, 1.807) is 12.1 Å². The molecule has 0 aromatic heterocycles. The smallest absolute Gasteiger partial charge is 0.191 e. The molecule has 0 aliphatic carbocycles. The summed E-state index contributed by atoms with van der Waals surface area (Å²) in [5.41, 5.74) is 0. The van der Waals surface area contributed by atoms with E-state index < -0.39 is 0 Å². The second-order valence-electron chi connectivity index (χ2n) is 6.34. The van der Waals surface area contributed by atoms with Crippen molar-refractivity contribution in [2.75, 3.05) is 52.5 Å². The minimum Gasteiger partial charge on any atom is -0.489 e. The highest BCUT2D eigenvalue weighted by Crippen LogP contribution is 2.13. The molecule has 1 aromatic carbocycles. The lowest BCUT2D eigenvalue weighted by atomic mass is 10.3. The third-order valence-electron chi connectivity index (χ3n) is 4.03. The van der Waals surface area contributed by atoms with Crippen LogP contribution < -0.4 is 15.4 Å². The largest absolute Gasteiger partial charge is 0.489 e. The number of guanidine groups is 1. The molecule has 0 amide bonds. The van der Waals surface area contributed by atoms with Crippen LogP contribution in [0.1, 0.15) is 20.3 Å². The third kappa shape index (κ3) is 10.1. The Bertz CT molecular complexity index is 556. The van der Waals surface area contributed by atoms with Gasteiger partial charge in [0.1, 0.15) is 17.7 Å². The standard InChI is InChI=1S/C19H31FN4O2.HI/c1-3-21-19(22-8-5-9-24-10-12-25-13-11-24)23-15-16(2)26-18-7-4-6-17(20)14-18;/h4,6-7,14,16H,3,5,8-13,15H2,1-2H3,(H2,21,22,23);1H. The van der Waals surface area contributed by atoms with Crippen LogP contribution in [0.3, 0.4) is 0 Å². The van der Waals surface area contributed by atoms with Crippen molar-refractivity contribution in [2.45, 2.75) is 26.4 Å². The Morgan fingerprint density at radius 3 is 2.81 bits per heavy atom. The Morgan fingerprint density at radius 2 is 2.11 bits per heavy atom. The van der Waals surface area contributed by atoms with Crippen LogP contribution in [-0.2, 0) is 4.74 Å². The number of nitrogens with zero attached hydrogens (tertiary/aromatic N) is 2. The van der Waals surface area contributed by atoms with E-state index in [-0.39, 0.29) is 35.9 Å². The lowest BCUT2D eigenvalue weighted by Gasteiger charge is -2.26. The van der Waals surface area contributed by atoms with E-state index >= 15 is 0 Å². The molecule has 1 aliphatic rings. The molecule has 1 fully saturated rings. The highest BCUT2D eigenvalue weighted by Gasteiger charge is 2.09. The molecule has 27 heavy (non-hydrogen) atoms. The topological polar surface area (TPSA) is 58.1 Å². The maximum absolute atomic E-state index is 13.2. The van der Waals surface area contributed by atoms with Crippen molar-refractivity contribution in [1.82, 2.24) is 15.5 Å². The minimum absolute atomic E-state index is 0. The van der Waals surface area contributed by atoms with Crippen LogP contribution in [0.2, 0.25) is 0 Å². The zero-order valence-corrected chi connectivity index (χ0v) is 18.6. The van der Waals surface area contributed by atoms with Gasteiger partial charge < -0.3 is 20.1 Å². The molecule has 2 N–H and O–H groups in total. The average molecular weight is 494 g/mol. The normalized spacial score (nSPS) is 16.3. The summed E-state index contributed by atoms with van der Waals surface area (Å²) in [5, 5.41) is 6.59. The molecule has 1 aromatic rings. The lowest BCUT2D eigenvalue weighted by molar-refractivity contribution is 0.0376. The van der Waals surface area contributed by atoms with Gasteiger partial charge in [-0.1, -0.05) is 6.07 Å². The summed E-state index contributed by atoms with van der Waals surface area (Å²) in [5.74, 6) is 1.01. The SMILES string of the molecule is CCNC(=NCC(C)Oc1cccc(F)c1)NCCCN1CCOCC1.I. The van der Waals surface area contributed by atoms with Gasteiger partial charge in [-0.25, -0.2) is 9.38 Å². The summed E-state index contributed by atoms with van der Waals surface area (Å²) in [6.45, 7) is 10.9. The molecular formula is C19H32FIN4O2. The van der Waals surface area contributed by atoms with E-state index in [9.17, 15) is 4.39 Å². The van der Waals surface area contributed by atoms with Gasteiger partial charge in [-0.15, -0.1) is 24.0 Å². The predicted molar refractivity (Wildman–Crippen MR) is 118 cm³/mol. The first-order chi connectivity index (χ1) is 12.7. The predicted octanol–water partition coefficient (Wildman–Crippen LogP) is 2.49. The van der Waals surface area contributed by atoms with Gasteiger partial charge in [0.15, 0.2) is 5.96 Å². The number of morpholine rings is 1. The van der Waals surface area contributed by atoms with E-state index in [0.717, 1.165) is 58.3 Å². The molecule has 1 heterocycles. The molecule has 0 spiro atoms. The number of hydrogen-bond acceptors (Lipinski definition) is 4. The first-order valence-electron chi connectivity index (χ1n) is 9.42. The van der Waals surface area contributed by atoms with Crippen molar-refractivity contribution in [1.29, 1.82) is 0 Å². The van der Waals surface area contributed by atoms with Gasteiger partial charge in [-0.2, -0.15) is 0 Å². The highest BCUT2D eigenvalue weighted by molar-refractivity contribution is 14.0. The van der Waals surface area contributed by atoms with E-state index in [4.69, 9.17) is 9.47 Å².